The summed E-state index contributed by atoms with van der Waals surface area (Å²) in [6.45, 7) is 2.15. The molecule has 16 heavy (non-hydrogen) atoms. The van der Waals surface area contributed by atoms with E-state index in [2.05, 4.69) is 4.98 Å². The molecule has 1 N–H and O–H groups in total. The van der Waals surface area contributed by atoms with Gasteiger partial charge in [0.2, 0.25) is 0 Å². The number of aryl methyl sites for hydroxylation is 1. The molecule has 4 nitrogen and oxygen atoms in total. The lowest BCUT2D eigenvalue weighted by Crippen LogP contribution is -2.04. The van der Waals surface area contributed by atoms with E-state index in [0.29, 0.717) is 5.75 Å². The number of carboxylic acids is 1. The van der Waals surface area contributed by atoms with Crippen molar-refractivity contribution >= 4 is 27.5 Å². The monoisotopic (exact) mass is 237 g/mol. The number of nitrogens with zero attached hydrogens (tertiary/aromatic N) is 1. The maximum atomic E-state index is 10.3. The minimum atomic E-state index is -0.852. The van der Waals surface area contributed by atoms with Gasteiger partial charge < -0.3 is 9.84 Å². The quantitative estimate of drug-likeness (QED) is 0.887. The second-order valence-corrected chi connectivity index (χ2v) is 4.59. The Balaban J connectivity index is 2.10. The molecule has 1 heterocycles. The summed E-state index contributed by atoms with van der Waals surface area (Å²) in [7, 11) is 0. The Labute approximate surface area is 96.5 Å². The first-order chi connectivity index (χ1) is 7.65. The smallest absolute Gasteiger partial charge is 0.306 e. The molecule has 0 spiro atoms. The molecule has 0 aliphatic carbocycles. The van der Waals surface area contributed by atoms with Crippen molar-refractivity contribution in [2.24, 2.45) is 0 Å². The number of aliphatic carboxylic acids is 1. The number of carbonyl (C=O) groups is 1. The number of carboxylic acid groups (broad SMARTS) is 1. The number of fused-ring (bicyclic) bond motifs is 1. The minimum absolute atomic E-state index is 0.0136. The van der Waals surface area contributed by atoms with Gasteiger partial charge >= 0.3 is 5.97 Å². The Morgan fingerprint density at radius 1 is 1.56 bits per heavy atom. The van der Waals surface area contributed by atoms with Crippen molar-refractivity contribution in [2.45, 2.75) is 13.3 Å². The average molecular weight is 237 g/mol. The average Bonchev–Trinajstić information content (AvgIpc) is 2.56. The Bertz CT molecular complexity index is 521. The third kappa shape index (κ3) is 2.49. The molecule has 0 saturated carbocycles. The van der Waals surface area contributed by atoms with Gasteiger partial charge in [0.25, 0.3) is 0 Å². The SMILES string of the molecule is Cc1nc2ccc(OCCC(=O)O)cc2s1. The Morgan fingerprint density at radius 3 is 3.12 bits per heavy atom. The zero-order valence-corrected chi connectivity index (χ0v) is 9.58. The molecule has 0 amide bonds. The first-order valence-electron chi connectivity index (χ1n) is 4.87. The van der Waals surface area contributed by atoms with Crippen LogP contribution >= 0.6 is 11.3 Å². The Morgan fingerprint density at radius 2 is 2.38 bits per heavy atom. The fourth-order valence-corrected chi connectivity index (χ4v) is 2.22. The molecule has 2 aromatic rings. The summed E-state index contributed by atoms with van der Waals surface area (Å²) in [4.78, 5) is 14.6. The molecule has 1 aromatic carbocycles. The second-order valence-electron chi connectivity index (χ2n) is 3.35. The van der Waals surface area contributed by atoms with Crippen LogP contribution in [0.3, 0.4) is 0 Å². The van der Waals surface area contributed by atoms with Crippen molar-refractivity contribution in [3.05, 3.63) is 23.2 Å². The fraction of sp³-hybridized carbons (Fsp3) is 0.273. The van der Waals surface area contributed by atoms with Crippen LogP contribution in [-0.2, 0) is 4.79 Å². The number of thiazole rings is 1. The van der Waals surface area contributed by atoms with Crippen molar-refractivity contribution in [1.29, 1.82) is 0 Å². The number of hydrogen-bond donors (Lipinski definition) is 1. The van der Waals surface area contributed by atoms with Crippen molar-refractivity contribution in [2.75, 3.05) is 6.61 Å². The van der Waals surface area contributed by atoms with Gasteiger partial charge in [0.05, 0.1) is 28.3 Å². The van der Waals surface area contributed by atoms with E-state index in [1.807, 2.05) is 25.1 Å². The second kappa shape index (κ2) is 4.49. The van der Waals surface area contributed by atoms with Crippen LogP contribution in [0.1, 0.15) is 11.4 Å². The van der Waals surface area contributed by atoms with Gasteiger partial charge in [0.1, 0.15) is 5.75 Å². The third-order valence-corrected chi connectivity index (χ3v) is 2.99. The molecule has 0 unspecified atom stereocenters. The van der Waals surface area contributed by atoms with Crippen LogP contribution in [0.25, 0.3) is 10.2 Å². The molecule has 0 aliphatic heterocycles. The van der Waals surface area contributed by atoms with Gasteiger partial charge in [0.15, 0.2) is 0 Å². The third-order valence-electron chi connectivity index (χ3n) is 2.05. The lowest BCUT2D eigenvalue weighted by Gasteiger charge is -2.03. The first-order valence-corrected chi connectivity index (χ1v) is 5.68. The molecule has 0 bridgehead atoms. The van der Waals surface area contributed by atoms with E-state index in [1.165, 1.54) is 0 Å². The normalized spacial score (nSPS) is 10.6. The molecule has 1 aromatic heterocycles. The van der Waals surface area contributed by atoms with E-state index in [-0.39, 0.29) is 13.0 Å². The maximum Gasteiger partial charge on any atom is 0.306 e. The molecular formula is C11H11NO3S. The van der Waals surface area contributed by atoms with Crippen LogP contribution in [0.15, 0.2) is 18.2 Å². The summed E-state index contributed by atoms with van der Waals surface area (Å²) < 4.78 is 6.39. The zero-order chi connectivity index (χ0) is 11.5. The minimum Gasteiger partial charge on any atom is -0.493 e. The topological polar surface area (TPSA) is 59.4 Å². The van der Waals surface area contributed by atoms with Crippen LogP contribution in [0, 0.1) is 6.92 Å². The molecule has 84 valence electrons. The summed E-state index contributed by atoms with van der Waals surface area (Å²) >= 11 is 1.60. The highest BCUT2D eigenvalue weighted by molar-refractivity contribution is 7.18. The van der Waals surface area contributed by atoms with E-state index in [4.69, 9.17) is 9.84 Å². The van der Waals surface area contributed by atoms with Crippen LogP contribution in [0.4, 0.5) is 0 Å². The van der Waals surface area contributed by atoms with Gasteiger partial charge in [-0.25, -0.2) is 4.98 Å². The number of hydrogen-bond acceptors (Lipinski definition) is 4. The van der Waals surface area contributed by atoms with E-state index < -0.39 is 5.97 Å². The van der Waals surface area contributed by atoms with Crippen molar-refractivity contribution in [3.63, 3.8) is 0 Å². The summed E-state index contributed by atoms with van der Waals surface area (Å²) in [6, 6.07) is 5.58. The van der Waals surface area contributed by atoms with E-state index >= 15 is 0 Å². The summed E-state index contributed by atoms with van der Waals surface area (Å²) in [5, 5.41) is 9.49. The molecule has 5 heteroatoms. The predicted molar refractivity (Wildman–Crippen MR) is 62.1 cm³/mol. The maximum absolute atomic E-state index is 10.3. The van der Waals surface area contributed by atoms with Crippen molar-refractivity contribution in [3.8, 4) is 5.75 Å². The van der Waals surface area contributed by atoms with Gasteiger partial charge in [-0.2, -0.15) is 0 Å². The van der Waals surface area contributed by atoms with Crippen molar-refractivity contribution < 1.29 is 14.6 Å². The van der Waals surface area contributed by atoms with Crippen molar-refractivity contribution in [1.82, 2.24) is 4.98 Å². The summed E-state index contributed by atoms with van der Waals surface area (Å²) in [5.41, 5.74) is 0.952. The highest BCUT2D eigenvalue weighted by Gasteiger charge is 2.03. The van der Waals surface area contributed by atoms with Crippen LogP contribution < -0.4 is 4.74 Å². The van der Waals surface area contributed by atoms with Gasteiger partial charge in [-0.05, 0) is 25.1 Å². The molecule has 0 saturated heterocycles. The van der Waals surface area contributed by atoms with Crippen LogP contribution in [-0.4, -0.2) is 22.7 Å². The zero-order valence-electron chi connectivity index (χ0n) is 8.77. The lowest BCUT2D eigenvalue weighted by atomic mass is 10.3. The molecule has 2 rings (SSSR count). The highest BCUT2D eigenvalue weighted by atomic mass is 32.1. The number of aromatic nitrogens is 1. The summed E-state index contributed by atoms with van der Waals surface area (Å²) in [5.74, 6) is -0.160. The number of ether oxygens (including phenoxy) is 1. The fourth-order valence-electron chi connectivity index (χ4n) is 1.37. The van der Waals surface area contributed by atoms with Gasteiger partial charge in [-0.3, -0.25) is 4.79 Å². The summed E-state index contributed by atoms with van der Waals surface area (Å²) in [6.07, 6.45) is 0.0136. The molecule has 0 radical (unpaired) electrons. The lowest BCUT2D eigenvalue weighted by molar-refractivity contribution is -0.137. The van der Waals surface area contributed by atoms with E-state index in [9.17, 15) is 4.79 Å². The molecule has 0 aliphatic rings. The number of benzene rings is 1. The standard InChI is InChI=1S/C11H11NO3S/c1-7-12-9-3-2-8(6-10(9)16-7)15-5-4-11(13)14/h2-3,6H,4-5H2,1H3,(H,13,14). The van der Waals surface area contributed by atoms with Gasteiger partial charge in [0, 0.05) is 0 Å². The van der Waals surface area contributed by atoms with Crippen LogP contribution in [0.5, 0.6) is 5.75 Å². The van der Waals surface area contributed by atoms with Gasteiger partial charge in [-0.1, -0.05) is 0 Å². The van der Waals surface area contributed by atoms with E-state index in [0.717, 1.165) is 15.2 Å². The first kappa shape index (κ1) is 10.9. The van der Waals surface area contributed by atoms with Gasteiger partial charge in [-0.15, -0.1) is 11.3 Å². The predicted octanol–water partition coefficient (Wildman–Crippen LogP) is 2.46. The molecule has 0 fully saturated rings. The van der Waals surface area contributed by atoms with E-state index in [1.54, 1.807) is 11.3 Å². The Kier molecular flexibility index (Phi) is 3.05. The highest BCUT2D eigenvalue weighted by Crippen LogP contribution is 2.25. The number of rotatable bonds is 4. The molecule has 0 atom stereocenters. The molecular weight excluding hydrogens is 226 g/mol. The largest absolute Gasteiger partial charge is 0.493 e. The van der Waals surface area contributed by atoms with Crippen LogP contribution in [0.2, 0.25) is 0 Å². The Hall–Kier alpha value is -1.62.